The van der Waals surface area contributed by atoms with Gasteiger partial charge in [-0.3, -0.25) is 4.79 Å². The van der Waals surface area contributed by atoms with Crippen LogP contribution in [0.1, 0.15) is 10.4 Å². The van der Waals surface area contributed by atoms with Crippen molar-refractivity contribution in [1.82, 2.24) is 0 Å². The minimum absolute atomic E-state index is 0.126. The molecule has 1 aromatic heterocycles. The molecule has 0 bridgehead atoms. The number of para-hydroxylation sites is 1. The maximum atomic E-state index is 15.4. The van der Waals surface area contributed by atoms with Gasteiger partial charge in [0.25, 0.3) is 0 Å². The summed E-state index contributed by atoms with van der Waals surface area (Å²) < 4.78 is 298. The number of aromatic nitrogens is 1. The number of hydrogen-bond donors (Lipinski definition) is 0. The summed E-state index contributed by atoms with van der Waals surface area (Å²) in [5, 5.41) is 0. The second kappa shape index (κ2) is 17.5. The Hall–Kier alpha value is -5.98. The molecule has 0 aliphatic rings. The van der Waals surface area contributed by atoms with Crippen LogP contribution in [0.4, 0.5) is 87.8 Å². The third-order valence-electron chi connectivity index (χ3n) is 9.67. The fourth-order valence-electron chi connectivity index (χ4n) is 6.85. The minimum Gasteiger partial charge on any atom is -0.287 e. The molecule has 2 nitrogen and oxygen atoms in total. The summed E-state index contributed by atoms with van der Waals surface area (Å²) in [6.45, 7) is 0.381. The molecule has 0 spiro atoms. The van der Waals surface area contributed by atoms with Crippen LogP contribution >= 0.6 is 27.3 Å². The summed E-state index contributed by atoms with van der Waals surface area (Å²) in [5.41, 5.74) is -10.5. The van der Waals surface area contributed by atoms with Crippen LogP contribution in [0.3, 0.4) is 0 Å². The Balaban J connectivity index is 0.000000295. The summed E-state index contributed by atoms with van der Waals surface area (Å²) in [6.07, 6.45) is -7.22. The number of Topliss-reactive ketones (excluding diaryl/α,β-unsaturated/α-hetero) is 1. The summed E-state index contributed by atoms with van der Waals surface area (Å²) in [5.74, 6) is -71.3. The Morgan fingerprint density at radius 1 is 0.422 bits per heavy atom. The molecule has 25 heteroatoms. The number of benzene rings is 6. The highest BCUT2D eigenvalue weighted by atomic mass is 79.9. The molecule has 0 saturated heterocycles. The molecule has 6 aromatic carbocycles. The van der Waals surface area contributed by atoms with E-state index in [1.54, 1.807) is 11.3 Å². The summed E-state index contributed by atoms with van der Waals surface area (Å²) >= 11 is 5.03. The molecule has 0 N–H and O–H groups in total. The summed E-state index contributed by atoms with van der Waals surface area (Å²) in [6, 6.07) is 15.6. The smallest absolute Gasteiger partial charge is 0.227 e. The Morgan fingerprint density at radius 3 is 1.02 bits per heavy atom. The van der Waals surface area contributed by atoms with Crippen molar-refractivity contribution in [2.75, 3.05) is 0 Å². The van der Waals surface area contributed by atoms with Gasteiger partial charge in [-0.1, -0.05) is 51.5 Å². The maximum Gasteiger partial charge on any atom is 0.227 e. The lowest BCUT2D eigenvalue weighted by Crippen LogP contribution is -2.81. The highest BCUT2D eigenvalue weighted by Crippen LogP contribution is 2.31. The molecule has 0 radical (unpaired) electrons. The minimum atomic E-state index is -7.22. The van der Waals surface area contributed by atoms with E-state index in [9.17, 15) is 57.5 Å². The zero-order valence-corrected chi connectivity index (χ0v) is 32.6. The van der Waals surface area contributed by atoms with E-state index in [2.05, 4.69) is 22.0 Å². The third-order valence-corrected chi connectivity index (χ3v) is 11.2. The van der Waals surface area contributed by atoms with Crippen molar-refractivity contribution in [2.24, 2.45) is 0 Å². The van der Waals surface area contributed by atoms with Crippen molar-refractivity contribution in [2.45, 2.75) is 6.54 Å². The van der Waals surface area contributed by atoms with Gasteiger partial charge >= 0.3 is 0 Å². The molecule has 7 aromatic rings. The zero-order valence-electron chi connectivity index (χ0n) is 30.2. The predicted octanol–water partition coefficient (Wildman–Crippen LogP) is 9.68. The van der Waals surface area contributed by atoms with Crippen molar-refractivity contribution in [3.63, 3.8) is 0 Å². The number of fused-ring (bicyclic) bond motifs is 1. The summed E-state index contributed by atoms with van der Waals surface area (Å²) in [4.78, 5) is 12.2. The average Bonchev–Trinajstić information content (AvgIpc) is 3.68. The molecular weight excluding hydrogens is 1000 g/mol. The van der Waals surface area contributed by atoms with E-state index >= 15 is 35.1 Å². The van der Waals surface area contributed by atoms with Crippen molar-refractivity contribution in [3.8, 4) is 0 Å². The van der Waals surface area contributed by atoms with Crippen molar-refractivity contribution >= 4 is 71.3 Å². The first-order valence-electron chi connectivity index (χ1n) is 16.8. The number of rotatable bonds is 7. The van der Waals surface area contributed by atoms with Crippen molar-refractivity contribution in [3.05, 3.63) is 180 Å². The van der Waals surface area contributed by atoms with Crippen LogP contribution < -0.4 is 26.4 Å². The molecule has 64 heavy (non-hydrogen) atoms. The predicted molar refractivity (Wildman–Crippen MR) is 190 cm³/mol. The Bertz CT molecular complexity index is 2690. The van der Waals surface area contributed by atoms with E-state index in [0.717, 1.165) is 15.6 Å². The van der Waals surface area contributed by atoms with Crippen LogP contribution in [0.2, 0.25) is 0 Å². The van der Waals surface area contributed by atoms with Crippen LogP contribution in [-0.2, 0) is 6.54 Å². The lowest BCUT2D eigenvalue weighted by molar-refractivity contribution is -0.652. The monoisotopic (exact) mass is 1010 g/mol. The quantitative estimate of drug-likeness (QED) is 0.0390. The van der Waals surface area contributed by atoms with E-state index in [1.165, 1.54) is 4.70 Å². The Morgan fingerprint density at radius 2 is 0.703 bits per heavy atom. The van der Waals surface area contributed by atoms with Crippen LogP contribution in [0, 0.1) is 116 Å². The molecule has 334 valence electrons. The highest BCUT2D eigenvalue weighted by molar-refractivity contribution is 9.10. The molecule has 0 aliphatic carbocycles. The SMILES string of the molecule is Fc1c(F)c(F)c([B-](c2c(F)c(F)c(F)c(F)c2F)(c2c(F)c(F)c(F)c(F)c2F)c2c(F)c(F)c(F)c(F)c2F)c(F)c1F.O=C(C[n+]1csc2ccccc21)c1ccc(Br)cc1. The van der Waals surface area contributed by atoms with E-state index < -0.39 is 144 Å². The Labute approximate surface area is 354 Å². The van der Waals surface area contributed by atoms with E-state index in [4.69, 9.17) is 0 Å². The van der Waals surface area contributed by atoms with Gasteiger partial charge in [-0.25, -0.2) is 87.8 Å². The normalized spacial score (nSPS) is 11.6. The zero-order chi connectivity index (χ0) is 47.6. The first-order chi connectivity index (χ1) is 29.9. The second-order valence-electron chi connectivity index (χ2n) is 13.0. The number of halogens is 21. The fourth-order valence-corrected chi connectivity index (χ4v) is 8.01. The van der Waals surface area contributed by atoms with Gasteiger partial charge in [0.05, 0.1) is 0 Å². The van der Waals surface area contributed by atoms with E-state index in [-0.39, 0.29) is 5.78 Å². The largest absolute Gasteiger partial charge is 0.287 e. The van der Waals surface area contributed by atoms with Gasteiger partial charge in [0, 0.05) is 16.1 Å². The number of carbonyl (C=O) groups is 1. The topological polar surface area (TPSA) is 20.9 Å². The maximum absolute atomic E-state index is 15.4. The fraction of sp³-hybridized carbons (Fsp3) is 0.0256. The lowest BCUT2D eigenvalue weighted by Gasteiger charge is -2.44. The average molecular weight is 1010 g/mol. The number of carbonyl (C=O) groups excluding carboxylic acids is 1. The van der Waals surface area contributed by atoms with E-state index in [0.29, 0.717) is 6.54 Å². The van der Waals surface area contributed by atoms with Crippen molar-refractivity contribution < 1.29 is 97.2 Å². The molecule has 0 atom stereocenters. The number of thiazole rings is 1. The number of hydrogen-bond acceptors (Lipinski definition) is 2. The van der Waals surface area contributed by atoms with Crippen LogP contribution in [0.15, 0.2) is 58.5 Å². The summed E-state index contributed by atoms with van der Waals surface area (Å²) in [7, 11) is 0. The third kappa shape index (κ3) is 7.34. The van der Waals surface area contributed by atoms with Crippen LogP contribution in [0.5, 0.6) is 0 Å². The first-order valence-corrected chi connectivity index (χ1v) is 18.5. The van der Waals surface area contributed by atoms with Gasteiger partial charge in [-0.15, -0.1) is 21.9 Å². The van der Waals surface area contributed by atoms with Crippen LogP contribution in [0.25, 0.3) is 10.2 Å². The Kier molecular flexibility index (Phi) is 13.0. The van der Waals surface area contributed by atoms with Crippen molar-refractivity contribution in [1.29, 1.82) is 0 Å². The first kappa shape index (κ1) is 47.5. The standard InChI is InChI=1S/C24BF20.C15H11BrNOS/c26-5-1(6(27)14(35)21(42)13(5)34)25(2-7(28)15(36)22(43)16(37)8(2)29,3-9(30)17(38)23(44)18(39)10(3)31)4-11(32)19(40)24(45)20(41)12(4)33;16-12-7-5-11(6-8-12)14(18)9-17-10-19-15-4-2-1-3-13(15)17/h;1-8,10H,9H2/q-1;+1. The number of nitrogens with zero attached hydrogens (tertiary/aromatic N) is 1. The van der Waals surface area contributed by atoms with Gasteiger partial charge in [0.1, 0.15) is 57.4 Å². The number of ketones is 1. The van der Waals surface area contributed by atoms with Gasteiger partial charge in [-0.05, 0) is 18.2 Å². The molecule has 0 amide bonds. The molecule has 7 rings (SSSR count). The lowest BCUT2D eigenvalue weighted by atomic mass is 9.12. The van der Waals surface area contributed by atoms with Gasteiger partial charge in [0.2, 0.25) is 23.4 Å². The molecule has 0 unspecified atom stereocenters. The van der Waals surface area contributed by atoms with Gasteiger partial charge < -0.3 is 0 Å². The van der Waals surface area contributed by atoms with Gasteiger partial charge in [-0.2, -0.15) is 4.57 Å². The van der Waals surface area contributed by atoms with Crippen LogP contribution in [-0.4, -0.2) is 11.9 Å². The molecule has 0 fully saturated rings. The highest BCUT2D eigenvalue weighted by Gasteiger charge is 2.52. The molecule has 0 saturated carbocycles. The molecule has 1 heterocycles. The molecular formula is C39H11BBrF20NOS. The second-order valence-corrected chi connectivity index (χ2v) is 14.9. The van der Waals surface area contributed by atoms with Gasteiger partial charge in [0.15, 0.2) is 69.8 Å². The molecule has 0 aliphatic heterocycles. The van der Waals surface area contributed by atoms with E-state index in [1.807, 2.05) is 52.5 Å².